The molecule has 0 bridgehead atoms. The van der Waals surface area contributed by atoms with Gasteiger partial charge < -0.3 is 4.74 Å². The minimum absolute atomic E-state index is 0.624. The molecule has 2 aromatic heterocycles. The molecule has 0 aliphatic heterocycles. The van der Waals surface area contributed by atoms with Gasteiger partial charge in [-0.05, 0) is 54.9 Å². The molecular weight excluding hydrogens is 320 g/mol. The lowest BCUT2D eigenvalue weighted by Gasteiger charge is -2.21. The highest BCUT2D eigenvalue weighted by atomic mass is 32.1. The molecule has 0 radical (unpaired) electrons. The summed E-state index contributed by atoms with van der Waals surface area (Å²) in [6.07, 6.45) is 4.46. The maximum atomic E-state index is 5.57. The van der Waals surface area contributed by atoms with E-state index in [1.54, 1.807) is 7.11 Å². The van der Waals surface area contributed by atoms with Crippen LogP contribution >= 0.6 is 12.2 Å². The van der Waals surface area contributed by atoms with Crippen molar-refractivity contribution in [3.8, 4) is 5.75 Å². The smallest absolute Gasteiger partial charge is 0.203 e. The minimum atomic E-state index is 0.624. The zero-order valence-corrected chi connectivity index (χ0v) is 14.4. The second kappa shape index (κ2) is 6.37. The Balaban J connectivity index is 1.56. The van der Waals surface area contributed by atoms with Gasteiger partial charge in [-0.25, -0.2) is 4.68 Å². The molecule has 1 aliphatic carbocycles. The van der Waals surface area contributed by atoms with Crippen molar-refractivity contribution < 1.29 is 4.74 Å². The molecule has 1 saturated carbocycles. The third kappa shape index (κ3) is 3.07. The molecule has 0 atom stereocenters. The number of hydrogen-bond acceptors (Lipinski definition) is 4. The van der Waals surface area contributed by atoms with E-state index < -0.39 is 0 Å². The van der Waals surface area contributed by atoms with E-state index in [4.69, 9.17) is 17.0 Å². The monoisotopic (exact) mass is 340 g/mol. The predicted molar refractivity (Wildman–Crippen MR) is 95.6 cm³/mol. The number of pyridine rings is 1. The van der Waals surface area contributed by atoms with Crippen molar-refractivity contribution in [1.82, 2.24) is 19.1 Å². The van der Waals surface area contributed by atoms with Gasteiger partial charge in [0, 0.05) is 18.8 Å². The number of ether oxygens (including phenoxy) is 1. The Morgan fingerprint density at radius 1 is 1.21 bits per heavy atom. The van der Waals surface area contributed by atoms with Crippen molar-refractivity contribution in [1.29, 1.82) is 0 Å². The summed E-state index contributed by atoms with van der Waals surface area (Å²) < 4.78 is 9.85. The first-order valence-corrected chi connectivity index (χ1v) is 8.56. The summed E-state index contributed by atoms with van der Waals surface area (Å²) in [5.41, 5.74) is 2.17. The zero-order valence-electron chi connectivity index (χ0n) is 13.6. The normalized spacial score (nSPS) is 14.4. The predicted octanol–water partition coefficient (Wildman–Crippen LogP) is 3.50. The van der Waals surface area contributed by atoms with Gasteiger partial charge in [0.2, 0.25) is 4.77 Å². The van der Waals surface area contributed by atoms with Gasteiger partial charge in [-0.3, -0.25) is 9.30 Å². The Kier molecular flexibility index (Phi) is 4.08. The number of methoxy groups -OCH3 is 1. The fourth-order valence-electron chi connectivity index (χ4n) is 2.93. The van der Waals surface area contributed by atoms with Crippen molar-refractivity contribution in [2.24, 2.45) is 0 Å². The molecule has 0 unspecified atom stereocenters. The van der Waals surface area contributed by atoms with Gasteiger partial charge in [-0.1, -0.05) is 18.2 Å². The maximum Gasteiger partial charge on any atom is 0.203 e. The van der Waals surface area contributed by atoms with E-state index in [0.717, 1.165) is 29.4 Å². The van der Waals surface area contributed by atoms with Crippen LogP contribution in [0.15, 0.2) is 48.7 Å². The van der Waals surface area contributed by atoms with Gasteiger partial charge in [0.25, 0.3) is 0 Å². The van der Waals surface area contributed by atoms with Crippen LogP contribution in [0.5, 0.6) is 5.75 Å². The number of fused-ring (bicyclic) bond motifs is 1. The SMILES string of the molecule is COc1ccc(CN(Cn2nc3ccccn3c2=S)C2CC2)cc1. The van der Waals surface area contributed by atoms with Crippen molar-refractivity contribution in [2.45, 2.75) is 32.1 Å². The first-order chi connectivity index (χ1) is 11.7. The third-order valence-electron chi connectivity index (χ3n) is 4.41. The van der Waals surface area contributed by atoms with Gasteiger partial charge in [-0.2, -0.15) is 5.10 Å². The van der Waals surface area contributed by atoms with Crippen LogP contribution in [0.1, 0.15) is 18.4 Å². The first kappa shape index (κ1) is 15.4. The molecule has 3 aromatic rings. The molecule has 6 heteroatoms. The third-order valence-corrected chi connectivity index (χ3v) is 4.82. The molecule has 1 aliphatic rings. The highest BCUT2D eigenvalue weighted by Crippen LogP contribution is 2.29. The summed E-state index contributed by atoms with van der Waals surface area (Å²) in [5.74, 6) is 0.888. The largest absolute Gasteiger partial charge is 0.497 e. The second-order valence-electron chi connectivity index (χ2n) is 6.18. The van der Waals surface area contributed by atoms with Crippen molar-refractivity contribution in [3.05, 3.63) is 59.0 Å². The molecule has 124 valence electrons. The number of hydrogen-bond donors (Lipinski definition) is 0. The van der Waals surface area contributed by atoms with Gasteiger partial charge in [0.1, 0.15) is 5.75 Å². The van der Waals surface area contributed by atoms with Crippen molar-refractivity contribution in [2.75, 3.05) is 7.11 Å². The molecule has 2 heterocycles. The van der Waals surface area contributed by atoms with Crippen LogP contribution in [0.2, 0.25) is 0 Å². The van der Waals surface area contributed by atoms with Gasteiger partial charge in [0.05, 0.1) is 13.8 Å². The molecule has 1 fully saturated rings. The molecule has 0 saturated heterocycles. The fraction of sp³-hybridized carbons (Fsp3) is 0.333. The molecule has 0 spiro atoms. The van der Waals surface area contributed by atoms with Gasteiger partial charge in [0.15, 0.2) is 5.65 Å². The maximum absolute atomic E-state index is 5.57. The van der Waals surface area contributed by atoms with E-state index in [9.17, 15) is 0 Å². The number of benzene rings is 1. The lowest BCUT2D eigenvalue weighted by molar-refractivity contribution is 0.187. The van der Waals surface area contributed by atoms with Crippen LogP contribution in [0, 0.1) is 4.77 Å². The summed E-state index contributed by atoms with van der Waals surface area (Å²) in [5, 5.41) is 4.65. The van der Waals surface area contributed by atoms with Crippen LogP contribution in [-0.2, 0) is 13.2 Å². The van der Waals surface area contributed by atoms with E-state index in [1.807, 2.05) is 45.6 Å². The number of aromatic nitrogens is 3. The Bertz CT molecular complexity index is 895. The Morgan fingerprint density at radius 2 is 2.00 bits per heavy atom. The summed E-state index contributed by atoms with van der Waals surface area (Å²) in [6.45, 7) is 1.61. The van der Waals surface area contributed by atoms with Crippen molar-refractivity contribution in [3.63, 3.8) is 0 Å². The van der Waals surface area contributed by atoms with E-state index in [0.29, 0.717) is 6.04 Å². The molecule has 0 amide bonds. The van der Waals surface area contributed by atoms with E-state index in [2.05, 4.69) is 22.1 Å². The molecule has 4 rings (SSSR count). The zero-order chi connectivity index (χ0) is 16.5. The first-order valence-electron chi connectivity index (χ1n) is 8.16. The quantitative estimate of drug-likeness (QED) is 0.643. The number of nitrogens with zero attached hydrogens (tertiary/aromatic N) is 4. The summed E-state index contributed by atoms with van der Waals surface area (Å²) in [6, 6.07) is 14.8. The summed E-state index contributed by atoms with van der Waals surface area (Å²) >= 11 is 5.57. The van der Waals surface area contributed by atoms with E-state index >= 15 is 0 Å². The second-order valence-corrected chi connectivity index (χ2v) is 6.54. The molecule has 1 aromatic carbocycles. The van der Waals surface area contributed by atoms with Crippen molar-refractivity contribution >= 4 is 17.9 Å². The Labute approximate surface area is 146 Å². The van der Waals surface area contributed by atoms with Crippen LogP contribution in [0.25, 0.3) is 5.65 Å². The molecule has 5 nitrogen and oxygen atoms in total. The molecule has 24 heavy (non-hydrogen) atoms. The van der Waals surface area contributed by atoms with Crippen LogP contribution in [0.4, 0.5) is 0 Å². The summed E-state index contributed by atoms with van der Waals surface area (Å²) in [4.78, 5) is 2.45. The standard InChI is InChI=1S/C18H20N4OS/c1-23-16-9-5-14(6-10-16)12-20(15-7-8-15)13-22-18(24)21-11-3-2-4-17(21)19-22/h2-6,9-11,15H,7-8,12-13H2,1H3. The van der Waals surface area contributed by atoms with Gasteiger partial charge >= 0.3 is 0 Å². The highest BCUT2D eigenvalue weighted by Gasteiger charge is 2.29. The van der Waals surface area contributed by atoms with Crippen LogP contribution in [-0.4, -0.2) is 32.2 Å². The summed E-state index contributed by atoms with van der Waals surface area (Å²) in [7, 11) is 1.69. The molecular formula is C18H20N4OS. The van der Waals surface area contributed by atoms with E-state index in [1.165, 1.54) is 18.4 Å². The van der Waals surface area contributed by atoms with Crippen LogP contribution in [0.3, 0.4) is 0 Å². The van der Waals surface area contributed by atoms with Crippen LogP contribution < -0.4 is 4.74 Å². The average molecular weight is 340 g/mol. The molecule has 0 N–H and O–H groups in total. The van der Waals surface area contributed by atoms with Gasteiger partial charge in [-0.15, -0.1) is 0 Å². The Morgan fingerprint density at radius 3 is 2.67 bits per heavy atom. The lowest BCUT2D eigenvalue weighted by atomic mass is 10.2. The lowest BCUT2D eigenvalue weighted by Crippen LogP contribution is -2.28. The number of rotatable bonds is 6. The minimum Gasteiger partial charge on any atom is -0.497 e. The Hall–Kier alpha value is -2.18. The highest BCUT2D eigenvalue weighted by molar-refractivity contribution is 7.71. The fourth-order valence-corrected chi connectivity index (χ4v) is 3.18. The van der Waals surface area contributed by atoms with E-state index in [-0.39, 0.29) is 0 Å². The average Bonchev–Trinajstić information content (AvgIpc) is 3.41. The topological polar surface area (TPSA) is 34.7 Å².